The number of carbonyl (C=O) groups excluding carboxylic acids is 1. The number of aromatic nitrogens is 1. The summed E-state index contributed by atoms with van der Waals surface area (Å²) in [4.78, 5) is 30.5. The van der Waals surface area contributed by atoms with Crippen LogP contribution < -0.4 is 0 Å². The molecule has 0 bridgehead atoms. The number of aliphatic carboxylic acids is 1. The summed E-state index contributed by atoms with van der Waals surface area (Å²) in [7, 11) is 0. The first-order valence-corrected chi connectivity index (χ1v) is 7.55. The highest BCUT2D eigenvalue weighted by atomic mass is 35.5. The van der Waals surface area contributed by atoms with Crippen molar-refractivity contribution >= 4 is 34.8 Å². The molecule has 1 N–H and O–H groups in total. The van der Waals surface area contributed by atoms with Crippen LogP contribution in [-0.2, 0) is 11.2 Å². The Hall–Kier alpha value is -1.92. The predicted molar refractivity (Wildman–Crippen MR) is 78.7 cm³/mol. The fourth-order valence-corrected chi connectivity index (χ4v) is 3.47. The summed E-state index contributed by atoms with van der Waals surface area (Å²) >= 11 is 7.28. The molecule has 0 saturated carbocycles. The normalized spacial score (nSPS) is 17.4. The first-order chi connectivity index (χ1) is 10.1. The van der Waals surface area contributed by atoms with E-state index < -0.39 is 17.9 Å². The van der Waals surface area contributed by atoms with Crippen molar-refractivity contribution in [3.8, 4) is 0 Å². The fourth-order valence-electron chi connectivity index (χ4n) is 2.45. The lowest BCUT2D eigenvalue weighted by atomic mass is 9.99. The largest absolute Gasteiger partial charge is 0.479 e. The Morgan fingerprint density at radius 1 is 1.38 bits per heavy atom. The van der Waals surface area contributed by atoms with Crippen LogP contribution in [0.15, 0.2) is 29.8 Å². The third-order valence-corrected chi connectivity index (χ3v) is 4.63. The van der Waals surface area contributed by atoms with E-state index in [0.717, 1.165) is 4.88 Å². The second kappa shape index (κ2) is 5.46. The number of hydrogen-bond donors (Lipinski definition) is 1. The number of thiophene rings is 1. The fraction of sp³-hybridized carbons (Fsp3) is 0.214. The van der Waals surface area contributed by atoms with Crippen molar-refractivity contribution in [2.45, 2.75) is 12.5 Å². The molecule has 0 radical (unpaired) electrons. The Balaban J connectivity index is 1.96. The molecule has 1 aliphatic heterocycles. The van der Waals surface area contributed by atoms with Gasteiger partial charge in [0.1, 0.15) is 5.69 Å². The molecule has 0 fully saturated rings. The van der Waals surface area contributed by atoms with Gasteiger partial charge in [-0.25, -0.2) is 9.78 Å². The van der Waals surface area contributed by atoms with Crippen molar-refractivity contribution in [2.24, 2.45) is 0 Å². The van der Waals surface area contributed by atoms with E-state index in [1.807, 2.05) is 5.38 Å². The molecule has 3 heterocycles. The number of amides is 1. The summed E-state index contributed by atoms with van der Waals surface area (Å²) in [6.07, 6.45) is 2.04. The number of carbonyl (C=O) groups is 2. The van der Waals surface area contributed by atoms with Crippen LogP contribution in [0.2, 0.25) is 5.02 Å². The lowest BCUT2D eigenvalue weighted by Gasteiger charge is -2.32. The molecule has 1 amide bonds. The predicted octanol–water partition coefficient (Wildman–Crippen LogP) is 2.62. The van der Waals surface area contributed by atoms with Gasteiger partial charge in [0.05, 0.1) is 5.02 Å². The van der Waals surface area contributed by atoms with E-state index in [2.05, 4.69) is 4.98 Å². The lowest BCUT2D eigenvalue weighted by molar-refractivity contribution is -0.142. The Bertz CT molecular complexity index is 698. The zero-order valence-corrected chi connectivity index (χ0v) is 12.4. The van der Waals surface area contributed by atoms with E-state index in [1.165, 1.54) is 28.5 Å². The first-order valence-electron chi connectivity index (χ1n) is 6.29. The molecule has 5 nitrogen and oxygen atoms in total. The first kappa shape index (κ1) is 14.0. The minimum Gasteiger partial charge on any atom is -0.479 e. The number of fused-ring (bicyclic) bond motifs is 1. The van der Waals surface area contributed by atoms with Crippen molar-refractivity contribution in [1.29, 1.82) is 0 Å². The summed E-state index contributed by atoms with van der Waals surface area (Å²) < 4.78 is 0. The molecule has 7 heteroatoms. The maximum atomic E-state index is 12.5. The number of carboxylic acid groups (broad SMARTS) is 1. The Labute approximate surface area is 129 Å². The quantitative estimate of drug-likeness (QED) is 0.922. The van der Waals surface area contributed by atoms with Crippen molar-refractivity contribution in [2.75, 3.05) is 6.54 Å². The Kier molecular flexibility index (Phi) is 3.65. The van der Waals surface area contributed by atoms with Crippen LogP contribution in [-0.4, -0.2) is 33.4 Å². The molecule has 2 aromatic heterocycles. The monoisotopic (exact) mass is 322 g/mol. The second-order valence-corrected chi connectivity index (χ2v) is 6.09. The van der Waals surface area contributed by atoms with E-state index in [0.29, 0.717) is 23.6 Å². The number of carboxylic acids is 1. The molecule has 0 aromatic carbocycles. The maximum absolute atomic E-state index is 12.5. The number of rotatable bonds is 2. The molecule has 1 atom stereocenters. The van der Waals surface area contributed by atoms with E-state index in [-0.39, 0.29) is 5.69 Å². The van der Waals surface area contributed by atoms with Crippen molar-refractivity contribution in [1.82, 2.24) is 9.88 Å². The average Bonchev–Trinajstić information content (AvgIpc) is 2.94. The third kappa shape index (κ3) is 2.52. The smallest absolute Gasteiger partial charge is 0.331 e. The molecule has 108 valence electrons. The Morgan fingerprint density at radius 2 is 2.19 bits per heavy atom. The molecule has 0 saturated heterocycles. The van der Waals surface area contributed by atoms with Crippen LogP contribution in [0.25, 0.3) is 0 Å². The summed E-state index contributed by atoms with van der Waals surface area (Å²) in [6, 6.07) is 3.89. The molecule has 1 unspecified atom stereocenters. The number of hydrogen-bond acceptors (Lipinski definition) is 4. The zero-order valence-electron chi connectivity index (χ0n) is 10.8. The van der Waals surface area contributed by atoms with Crippen LogP contribution in [0.4, 0.5) is 0 Å². The van der Waals surface area contributed by atoms with E-state index in [9.17, 15) is 14.7 Å². The average molecular weight is 323 g/mol. The highest BCUT2D eigenvalue weighted by Gasteiger charge is 2.37. The van der Waals surface area contributed by atoms with Gasteiger partial charge in [-0.05, 0) is 35.6 Å². The maximum Gasteiger partial charge on any atom is 0.331 e. The molecule has 1 aliphatic rings. The minimum absolute atomic E-state index is 0.198. The van der Waals surface area contributed by atoms with Crippen LogP contribution in [0.5, 0.6) is 0 Å². The van der Waals surface area contributed by atoms with Gasteiger partial charge in [0.15, 0.2) is 6.04 Å². The van der Waals surface area contributed by atoms with Gasteiger partial charge in [-0.15, -0.1) is 11.3 Å². The molecule has 2 aromatic rings. The standard InChI is InChI=1S/C14H11ClN2O3S/c15-8-1-2-10(16-7-8)13(18)17-5-3-11-9(4-6-21-11)12(17)14(19)20/h1-2,4,6-7,12H,3,5H2,(H,19,20). The van der Waals surface area contributed by atoms with Gasteiger partial charge in [-0.2, -0.15) is 0 Å². The van der Waals surface area contributed by atoms with Gasteiger partial charge >= 0.3 is 5.97 Å². The lowest BCUT2D eigenvalue weighted by Crippen LogP contribution is -2.43. The molecule has 0 aliphatic carbocycles. The summed E-state index contributed by atoms with van der Waals surface area (Å²) in [5.41, 5.74) is 0.894. The summed E-state index contributed by atoms with van der Waals surface area (Å²) in [6.45, 7) is 0.369. The number of pyridine rings is 1. The van der Waals surface area contributed by atoms with E-state index >= 15 is 0 Å². The third-order valence-electron chi connectivity index (χ3n) is 3.41. The Morgan fingerprint density at radius 3 is 2.86 bits per heavy atom. The zero-order chi connectivity index (χ0) is 15.0. The molecule has 0 spiro atoms. The molecular weight excluding hydrogens is 312 g/mol. The van der Waals surface area contributed by atoms with E-state index in [1.54, 1.807) is 12.1 Å². The van der Waals surface area contributed by atoms with Crippen LogP contribution in [0, 0.1) is 0 Å². The van der Waals surface area contributed by atoms with Gasteiger partial charge in [-0.1, -0.05) is 11.6 Å². The van der Waals surface area contributed by atoms with Gasteiger partial charge in [0, 0.05) is 17.6 Å². The molecule has 3 rings (SSSR count). The topological polar surface area (TPSA) is 70.5 Å². The molecular formula is C14H11ClN2O3S. The van der Waals surface area contributed by atoms with Crippen molar-refractivity contribution in [3.63, 3.8) is 0 Å². The SMILES string of the molecule is O=C(O)C1c2ccsc2CCN1C(=O)c1ccc(Cl)cn1. The highest BCUT2D eigenvalue weighted by molar-refractivity contribution is 7.10. The van der Waals surface area contributed by atoms with Gasteiger partial charge < -0.3 is 10.0 Å². The van der Waals surface area contributed by atoms with Crippen LogP contribution in [0.1, 0.15) is 27.0 Å². The highest BCUT2D eigenvalue weighted by Crippen LogP contribution is 2.34. The number of halogens is 1. The van der Waals surface area contributed by atoms with Gasteiger partial charge in [0.25, 0.3) is 5.91 Å². The van der Waals surface area contributed by atoms with Crippen molar-refractivity contribution < 1.29 is 14.7 Å². The number of nitrogens with zero attached hydrogens (tertiary/aromatic N) is 2. The molecule has 21 heavy (non-hydrogen) atoms. The van der Waals surface area contributed by atoms with Crippen LogP contribution >= 0.6 is 22.9 Å². The minimum atomic E-state index is -1.03. The van der Waals surface area contributed by atoms with E-state index in [4.69, 9.17) is 11.6 Å². The second-order valence-electron chi connectivity index (χ2n) is 4.65. The van der Waals surface area contributed by atoms with Crippen molar-refractivity contribution in [3.05, 3.63) is 50.9 Å². The van der Waals surface area contributed by atoms with Gasteiger partial charge in [0.2, 0.25) is 0 Å². The summed E-state index contributed by atoms with van der Waals surface area (Å²) in [5, 5.41) is 11.8. The summed E-state index contributed by atoms with van der Waals surface area (Å²) in [5.74, 6) is -1.42. The van der Waals surface area contributed by atoms with Crippen LogP contribution in [0.3, 0.4) is 0 Å². The van der Waals surface area contributed by atoms with Gasteiger partial charge in [-0.3, -0.25) is 4.79 Å².